The maximum Gasteiger partial charge on any atom is 0.281 e. The highest BCUT2D eigenvalue weighted by molar-refractivity contribution is 7.92. The fourth-order valence-electron chi connectivity index (χ4n) is 2.00. The number of hydrogen-bond acceptors (Lipinski definition) is 6. The van der Waals surface area contributed by atoms with Gasteiger partial charge in [0, 0.05) is 19.4 Å². The predicted octanol–water partition coefficient (Wildman–Crippen LogP) is 0.154. The van der Waals surface area contributed by atoms with E-state index in [9.17, 15) is 8.42 Å². The average molecular weight is 307 g/mol. The topological polar surface area (TPSA) is 119 Å². The summed E-state index contributed by atoms with van der Waals surface area (Å²) < 4.78 is 30.5. The third kappa shape index (κ3) is 2.30. The minimum Gasteiger partial charge on any atom is -0.306 e. The van der Waals surface area contributed by atoms with Crippen molar-refractivity contribution in [2.45, 2.75) is 5.03 Å². The molecule has 0 aliphatic rings. The molecule has 21 heavy (non-hydrogen) atoms. The van der Waals surface area contributed by atoms with E-state index < -0.39 is 10.0 Å². The SMILES string of the molecule is Cn1cc(NS(=O)(=O)c2c(NN)nc3ccccn23)cn1. The number of nitrogens with zero attached hydrogens (tertiary/aromatic N) is 4. The second-order valence-electron chi connectivity index (χ2n) is 4.35. The zero-order chi connectivity index (χ0) is 15.0. The lowest BCUT2D eigenvalue weighted by molar-refractivity contribution is 0.597. The smallest absolute Gasteiger partial charge is 0.281 e. The number of hydrazine groups is 1. The van der Waals surface area contributed by atoms with Gasteiger partial charge >= 0.3 is 0 Å². The number of sulfonamides is 1. The standard InChI is InChI=1S/C11H13N7O2S/c1-17-7-8(6-13-17)16-21(19,20)11-10(15-12)14-9-4-2-3-5-18(9)11/h2-7,15-16H,12H2,1H3. The lowest BCUT2D eigenvalue weighted by Crippen LogP contribution is -2.18. The Morgan fingerprint density at radius 3 is 2.81 bits per heavy atom. The summed E-state index contributed by atoms with van der Waals surface area (Å²) in [5, 5.41) is 3.85. The Morgan fingerprint density at radius 2 is 2.14 bits per heavy atom. The summed E-state index contributed by atoms with van der Waals surface area (Å²) in [4.78, 5) is 4.13. The molecule has 3 aromatic heterocycles. The zero-order valence-corrected chi connectivity index (χ0v) is 11.9. The van der Waals surface area contributed by atoms with Gasteiger partial charge in [-0.2, -0.15) is 13.5 Å². The first-order chi connectivity index (χ1) is 10.0. The van der Waals surface area contributed by atoms with Crippen molar-refractivity contribution in [1.29, 1.82) is 0 Å². The Morgan fingerprint density at radius 1 is 1.33 bits per heavy atom. The zero-order valence-electron chi connectivity index (χ0n) is 11.1. The van der Waals surface area contributed by atoms with Crippen LogP contribution in [0.25, 0.3) is 5.65 Å². The maximum absolute atomic E-state index is 12.6. The molecule has 0 atom stereocenters. The van der Waals surface area contributed by atoms with Gasteiger partial charge in [0.15, 0.2) is 5.82 Å². The quantitative estimate of drug-likeness (QED) is 0.466. The van der Waals surface area contributed by atoms with E-state index in [2.05, 4.69) is 20.2 Å². The minimum atomic E-state index is -3.87. The lowest BCUT2D eigenvalue weighted by atomic mass is 10.5. The molecule has 3 aromatic rings. The largest absolute Gasteiger partial charge is 0.306 e. The Labute approximate surface area is 120 Å². The first-order valence-electron chi connectivity index (χ1n) is 5.96. The second kappa shape index (κ2) is 4.75. The van der Waals surface area contributed by atoms with Gasteiger partial charge in [0.05, 0.1) is 11.9 Å². The van der Waals surface area contributed by atoms with E-state index in [0.29, 0.717) is 11.3 Å². The van der Waals surface area contributed by atoms with Crippen molar-refractivity contribution >= 4 is 27.2 Å². The number of hydrogen-bond donors (Lipinski definition) is 3. The van der Waals surface area contributed by atoms with Crippen molar-refractivity contribution in [1.82, 2.24) is 19.2 Å². The molecule has 0 radical (unpaired) electrons. The van der Waals surface area contributed by atoms with Crippen molar-refractivity contribution in [3.05, 3.63) is 36.8 Å². The normalized spacial score (nSPS) is 11.7. The third-order valence-corrected chi connectivity index (χ3v) is 4.24. The minimum absolute atomic E-state index is 0.0653. The molecular formula is C11H13N7O2S. The number of nitrogen functional groups attached to an aromatic ring is 1. The van der Waals surface area contributed by atoms with Gasteiger partial charge in [-0.15, -0.1) is 0 Å². The Bertz CT molecular complexity index is 896. The summed E-state index contributed by atoms with van der Waals surface area (Å²) in [5.41, 5.74) is 3.13. The van der Waals surface area contributed by atoms with E-state index in [1.54, 1.807) is 37.6 Å². The number of rotatable bonds is 4. The van der Waals surface area contributed by atoms with Crippen molar-refractivity contribution < 1.29 is 8.42 Å². The van der Waals surface area contributed by atoms with Crippen LogP contribution in [0.4, 0.5) is 11.5 Å². The van der Waals surface area contributed by atoms with Crippen molar-refractivity contribution in [2.24, 2.45) is 12.9 Å². The molecule has 110 valence electrons. The number of anilines is 2. The molecule has 10 heteroatoms. The van der Waals surface area contributed by atoms with Crippen LogP contribution < -0.4 is 16.0 Å². The van der Waals surface area contributed by atoms with E-state index in [1.807, 2.05) is 0 Å². The van der Waals surface area contributed by atoms with Crippen molar-refractivity contribution in [3.63, 3.8) is 0 Å². The molecule has 4 N–H and O–H groups in total. The number of imidazole rings is 1. The van der Waals surface area contributed by atoms with Gasteiger partial charge in [-0.3, -0.25) is 13.8 Å². The van der Waals surface area contributed by atoms with Gasteiger partial charge in [0.25, 0.3) is 10.0 Å². The molecule has 9 nitrogen and oxygen atoms in total. The van der Waals surface area contributed by atoms with Crippen LogP contribution in [0.2, 0.25) is 0 Å². The molecule has 0 unspecified atom stereocenters. The third-order valence-electron chi connectivity index (χ3n) is 2.83. The van der Waals surface area contributed by atoms with Crippen LogP contribution in [0.5, 0.6) is 0 Å². The van der Waals surface area contributed by atoms with Gasteiger partial charge < -0.3 is 5.43 Å². The molecule has 0 fully saturated rings. The molecule has 0 spiro atoms. The van der Waals surface area contributed by atoms with E-state index in [-0.39, 0.29) is 10.8 Å². The van der Waals surface area contributed by atoms with Crippen LogP contribution in [0, 0.1) is 0 Å². The fourth-order valence-corrected chi connectivity index (χ4v) is 3.29. The van der Waals surface area contributed by atoms with E-state index >= 15 is 0 Å². The summed E-state index contributed by atoms with van der Waals surface area (Å²) in [7, 11) is -2.18. The summed E-state index contributed by atoms with van der Waals surface area (Å²) in [6, 6.07) is 5.15. The van der Waals surface area contributed by atoms with Gasteiger partial charge in [-0.1, -0.05) is 6.07 Å². The van der Waals surface area contributed by atoms with Crippen LogP contribution in [0.15, 0.2) is 41.8 Å². The van der Waals surface area contributed by atoms with E-state index in [4.69, 9.17) is 5.84 Å². The van der Waals surface area contributed by atoms with Crippen LogP contribution in [0.3, 0.4) is 0 Å². The first-order valence-corrected chi connectivity index (χ1v) is 7.45. The van der Waals surface area contributed by atoms with Gasteiger partial charge in [-0.05, 0) is 12.1 Å². The van der Waals surface area contributed by atoms with Crippen LogP contribution in [-0.2, 0) is 17.1 Å². The molecule has 0 saturated carbocycles. The van der Waals surface area contributed by atoms with Gasteiger partial charge in [0.1, 0.15) is 5.65 Å². The highest BCUT2D eigenvalue weighted by atomic mass is 32.2. The van der Waals surface area contributed by atoms with E-state index in [0.717, 1.165) is 0 Å². The molecule has 0 saturated heterocycles. The molecule has 3 rings (SSSR count). The van der Waals surface area contributed by atoms with Gasteiger partial charge in [-0.25, -0.2) is 10.8 Å². The van der Waals surface area contributed by atoms with Crippen molar-refractivity contribution in [3.8, 4) is 0 Å². The molecule has 0 amide bonds. The molecule has 0 aliphatic heterocycles. The van der Waals surface area contributed by atoms with Crippen LogP contribution in [0.1, 0.15) is 0 Å². The number of aryl methyl sites for hydroxylation is 1. The average Bonchev–Trinajstić information content (AvgIpc) is 3.01. The summed E-state index contributed by atoms with van der Waals surface area (Å²) in [6.45, 7) is 0. The number of nitrogens with two attached hydrogens (primary N) is 1. The summed E-state index contributed by atoms with van der Waals surface area (Å²) >= 11 is 0. The van der Waals surface area contributed by atoms with E-state index in [1.165, 1.54) is 15.3 Å². The number of pyridine rings is 1. The fraction of sp³-hybridized carbons (Fsp3) is 0.0909. The molecule has 3 heterocycles. The van der Waals surface area contributed by atoms with Crippen LogP contribution >= 0.6 is 0 Å². The van der Waals surface area contributed by atoms with Crippen LogP contribution in [-0.4, -0.2) is 27.6 Å². The van der Waals surface area contributed by atoms with Crippen molar-refractivity contribution in [2.75, 3.05) is 10.1 Å². The Kier molecular flexibility index (Phi) is 3.03. The Hall–Kier alpha value is -2.59. The Balaban J connectivity index is 2.13. The first kappa shape index (κ1) is 13.4. The summed E-state index contributed by atoms with van der Waals surface area (Å²) in [6.07, 6.45) is 4.56. The maximum atomic E-state index is 12.6. The molecule has 0 aliphatic carbocycles. The lowest BCUT2D eigenvalue weighted by Gasteiger charge is -2.07. The second-order valence-corrected chi connectivity index (χ2v) is 5.94. The molecular weight excluding hydrogens is 294 g/mol. The summed E-state index contributed by atoms with van der Waals surface area (Å²) in [5.74, 6) is 5.44. The monoisotopic (exact) mass is 307 g/mol. The number of aromatic nitrogens is 4. The molecule has 0 aromatic carbocycles. The highest BCUT2D eigenvalue weighted by Crippen LogP contribution is 2.24. The van der Waals surface area contributed by atoms with Gasteiger partial charge in [0.2, 0.25) is 5.03 Å². The number of nitrogens with one attached hydrogen (secondary N) is 2. The highest BCUT2D eigenvalue weighted by Gasteiger charge is 2.25. The predicted molar refractivity (Wildman–Crippen MR) is 77.0 cm³/mol. The molecule has 0 bridgehead atoms. The number of fused-ring (bicyclic) bond motifs is 1.